The summed E-state index contributed by atoms with van der Waals surface area (Å²) in [4.78, 5) is 23.2. The summed E-state index contributed by atoms with van der Waals surface area (Å²) < 4.78 is 6.54. The van der Waals surface area contributed by atoms with Crippen molar-refractivity contribution in [3.63, 3.8) is 0 Å². The molecule has 0 radical (unpaired) electrons. The van der Waals surface area contributed by atoms with E-state index >= 15 is 0 Å². The molecule has 0 fully saturated rings. The van der Waals surface area contributed by atoms with Crippen LogP contribution in [-0.2, 0) is 23.2 Å². The first-order valence-electron chi connectivity index (χ1n) is 9.42. The molecule has 140 valence electrons. The van der Waals surface area contributed by atoms with Gasteiger partial charge in [0.2, 0.25) is 5.54 Å². The summed E-state index contributed by atoms with van der Waals surface area (Å²) in [5.41, 5.74) is 7.74. The number of benzene rings is 2. The third-order valence-electron chi connectivity index (χ3n) is 6.40. The molecule has 28 heavy (non-hydrogen) atoms. The summed E-state index contributed by atoms with van der Waals surface area (Å²) in [5.74, 6) is 0.631. The van der Waals surface area contributed by atoms with Crippen LogP contribution < -0.4 is 10.5 Å². The van der Waals surface area contributed by atoms with Crippen LogP contribution in [0, 0.1) is 6.57 Å². The zero-order valence-electron chi connectivity index (χ0n) is 15.6. The van der Waals surface area contributed by atoms with E-state index in [4.69, 9.17) is 22.0 Å². The van der Waals surface area contributed by atoms with Gasteiger partial charge in [0, 0.05) is 12.6 Å². The van der Waals surface area contributed by atoms with E-state index in [1.807, 2.05) is 12.1 Å². The number of guanidine groups is 1. The molecule has 2 spiro atoms. The number of ether oxygens (including phenoxy) is 1. The first kappa shape index (κ1) is 16.8. The molecule has 0 saturated carbocycles. The Kier molecular flexibility index (Phi) is 3.35. The largest absolute Gasteiger partial charge is 0.483 e. The van der Waals surface area contributed by atoms with Crippen LogP contribution in [0.5, 0.6) is 5.75 Å². The van der Waals surface area contributed by atoms with Gasteiger partial charge in [-0.05, 0) is 48.9 Å². The van der Waals surface area contributed by atoms with Gasteiger partial charge in [0.15, 0.2) is 11.6 Å². The van der Waals surface area contributed by atoms with Crippen LogP contribution >= 0.6 is 0 Å². The van der Waals surface area contributed by atoms with E-state index in [1.54, 1.807) is 25.2 Å². The normalized spacial score (nSPS) is 24.4. The highest BCUT2D eigenvalue weighted by Crippen LogP contribution is 2.58. The number of fused-ring (bicyclic) bond motifs is 4. The number of nitrogens with two attached hydrogens (primary N) is 1. The Hall–Kier alpha value is -3.33. The SMILES string of the molecule is [C-]#[N+]c1ccc2c(c1)C1(N=C(N)N(C)C1=O)C1(CCc3ccccc3CC1)O2. The van der Waals surface area contributed by atoms with Crippen molar-refractivity contribution in [2.75, 3.05) is 7.05 Å². The third-order valence-corrected chi connectivity index (χ3v) is 6.40. The molecule has 1 amide bonds. The quantitative estimate of drug-likeness (QED) is 0.723. The molecule has 2 N–H and O–H groups in total. The average molecular weight is 372 g/mol. The highest BCUT2D eigenvalue weighted by Gasteiger charge is 2.68. The molecule has 5 rings (SSSR count). The summed E-state index contributed by atoms with van der Waals surface area (Å²) >= 11 is 0. The van der Waals surface area contributed by atoms with Crippen LogP contribution in [0.4, 0.5) is 5.69 Å². The van der Waals surface area contributed by atoms with Gasteiger partial charge >= 0.3 is 0 Å². The molecule has 3 aliphatic rings. The van der Waals surface area contributed by atoms with E-state index in [0.717, 1.165) is 12.8 Å². The van der Waals surface area contributed by atoms with E-state index < -0.39 is 11.1 Å². The van der Waals surface area contributed by atoms with Gasteiger partial charge in [0.1, 0.15) is 11.4 Å². The zero-order valence-corrected chi connectivity index (χ0v) is 15.6. The second-order valence-electron chi connectivity index (χ2n) is 7.70. The average Bonchev–Trinajstić information content (AvgIpc) is 3.01. The fourth-order valence-corrected chi connectivity index (χ4v) is 4.91. The highest BCUT2D eigenvalue weighted by molar-refractivity contribution is 6.08. The van der Waals surface area contributed by atoms with E-state index in [-0.39, 0.29) is 11.9 Å². The van der Waals surface area contributed by atoms with Crippen molar-refractivity contribution in [2.45, 2.75) is 36.8 Å². The lowest BCUT2D eigenvalue weighted by atomic mass is 9.72. The maximum Gasteiger partial charge on any atom is 0.265 e. The van der Waals surface area contributed by atoms with Crippen LogP contribution in [0.3, 0.4) is 0 Å². The minimum absolute atomic E-state index is 0.183. The Morgan fingerprint density at radius 2 is 1.86 bits per heavy atom. The first-order chi connectivity index (χ1) is 13.5. The molecule has 6 heteroatoms. The van der Waals surface area contributed by atoms with Crippen molar-refractivity contribution in [3.05, 3.63) is 70.6 Å². The lowest BCUT2D eigenvalue weighted by molar-refractivity contribution is -0.138. The second-order valence-corrected chi connectivity index (χ2v) is 7.70. The van der Waals surface area contributed by atoms with Gasteiger partial charge in [-0.1, -0.05) is 30.3 Å². The molecule has 1 unspecified atom stereocenters. The van der Waals surface area contributed by atoms with Crippen molar-refractivity contribution in [2.24, 2.45) is 10.7 Å². The van der Waals surface area contributed by atoms with E-state index in [1.165, 1.54) is 16.0 Å². The number of nitrogens with zero attached hydrogens (tertiary/aromatic N) is 3. The standard InChI is InChI=1S/C22H20N4O2/c1-24-16-7-8-18-17(13-16)22(19(27)26(2)20(23)25-22)21(28-18)11-9-14-5-3-4-6-15(14)10-12-21/h3-8,13H,9-12H2,2H3,(H2,23,25). The lowest BCUT2D eigenvalue weighted by Crippen LogP contribution is -2.56. The number of amides is 1. The van der Waals surface area contributed by atoms with Gasteiger partial charge in [0.25, 0.3) is 5.91 Å². The van der Waals surface area contributed by atoms with Gasteiger partial charge in [-0.3, -0.25) is 9.69 Å². The van der Waals surface area contributed by atoms with Crippen LogP contribution in [0.2, 0.25) is 0 Å². The molecule has 6 nitrogen and oxygen atoms in total. The maximum atomic E-state index is 13.5. The molecule has 1 atom stereocenters. The molecule has 2 aromatic rings. The minimum Gasteiger partial charge on any atom is -0.483 e. The number of aryl methyl sites for hydroxylation is 2. The summed E-state index contributed by atoms with van der Waals surface area (Å²) in [5, 5.41) is 0. The number of carbonyl (C=O) groups excluding carboxylic acids is 1. The highest BCUT2D eigenvalue weighted by atomic mass is 16.5. The Balaban J connectivity index is 1.71. The molecule has 1 aliphatic carbocycles. The molecule has 2 aromatic carbocycles. The third kappa shape index (κ3) is 1.96. The zero-order chi connectivity index (χ0) is 19.5. The predicted molar refractivity (Wildman–Crippen MR) is 105 cm³/mol. The summed E-state index contributed by atoms with van der Waals surface area (Å²) in [6, 6.07) is 13.6. The van der Waals surface area contributed by atoms with Crippen molar-refractivity contribution in [1.29, 1.82) is 0 Å². The fourth-order valence-electron chi connectivity index (χ4n) is 4.91. The second kappa shape index (κ2) is 5.59. The maximum absolute atomic E-state index is 13.5. The number of hydrogen-bond donors (Lipinski definition) is 1. The van der Waals surface area contributed by atoms with Gasteiger partial charge in [-0.15, -0.1) is 0 Å². The monoisotopic (exact) mass is 372 g/mol. The number of hydrogen-bond acceptors (Lipinski definition) is 4. The predicted octanol–water partition coefficient (Wildman–Crippen LogP) is 2.93. The van der Waals surface area contributed by atoms with Gasteiger partial charge in [0.05, 0.1) is 6.57 Å². The summed E-state index contributed by atoms with van der Waals surface area (Å²) in [6.07, 6.45) is 2.91. The van der Waals surface area contributed by atoms with Gasteiger partial charge < -0.3 is 10.5 Å². The molecule has 2 aliphatic heterocycles. The number of likely N-dealkylation sites (N-methyl/N-ethyl adjacent to an activating group) is 1. The molecular formula is C22H20N4O2. The number of rotatable bonds is 0. The Morgan fingerprint density at radius 3 is 2.43 bits per heavy atom. The van der Waals surface area contributed by atoms with Crippen molar-refractivity contribution < 1.29 is 9.53 Å². The Bertz CT molecular complexity index is 1060. The first-order valence-corrected chi connectivity index (χ1v) is 9.42. The minimum atomic E-state index is -1.23. The van der Waals surface area contributed by atoms with Crippen molar-refractivity contribution >= 4 is 17.6 Å². The van der Waals surface area contributed by atoms with Gasteiger partial charge in [-0.2, -0.15) is 0 Å². The summed E-state index contributed by atoms with van der Waals surface area (Å²) in [6.45, 7) is 7.38. The van der Waals surface area contributed by atoms with E-state index in [0.29, 0.717) is 29.8 Å². The van der Waals surface area contributed by atoms with Crippen LogP contribution in [-0.4, -0.2) is 29.4 Å². The van der Waals surface area contributed by atoms with E-state index in [2.05, 4.69) is 17.0 Å². The number of aliphatic imine (C=N–C) groups is 1. The molecule has 0 aromatic heterocycles. The van der Waals surface area contributed by atoms with Crippen LogP contribution in [0.15, 0.2) is 47.5 Å². The van der Waals surface area contributed by atoms with E-state index in [9.17, 15) is 4.79 Å². The number of carbonyl (C=O) groups is 1. The van der Waals surface area contributed by atoms with Crippen LogP contribution in [0.1, 0.15) is 29.5 Å². The Labute approximate surface area is 163 Å². The van der Waals surface area contributed by atoms with Crippen molar-refractivity contribution in [1.82, 2.24) is 4.90 Å². The smallest absolute Gasteiger partial charge is 0.265 e. The van der Waals surface area contributed by atoms with Crippen LogP contribution in [0.25, 0.3) is 4.85 Å². The summed E-state index contributed by atoms with van der Waals surface area (Å²) in [7, 11) is 1.64. The lowest BCUT2D eigenvalue weighted by Gasteiger charge is -2.38. The van der Waals surface area contributed by atoms with Crippen molar-refractivity contribution in [3.8, 4) is 5.75 Å². The molecule has 0 saturated heterocycles. The molecule has 0 bridgehead atoms. The molecule has 2 heterocycles. The topological polar surface area (TPSA) is 72.3 Å². The van der Waals surface area contributed by atoms with Gasteiger partial charge in [-0.25, -0.2) is 9.84 Å². The molecular weight excluding hydrogens is 352 g/mol. The fraction of sp³-hybridized carbons (Fsp3) is 0.318. The Morgan fingerprint density at radius 1 is 1.18 bits per heavy atom.